The lowest BCUT2D eigenvalue weighted by Gasteiger charge is -2.18. The Hall–Kier alpha value is -5.56. The van der Waals surface area contributed by atoms with Crippen LogP contribution in [0.25, 0.3) is 11.1 Å². The number of hydrogen-bond acceptors (Lipinski definition) is 8. The van der Waals surface area contributed by atoms with E-state index in [4.69, 9.17) is 26.3 Å². The summed E-state index contributed by atoms with van der Waals surface area (Å²) in [7, 11) is 0. The lowest BCUT2D eigenvalue weighted by atomic mass is 9.93. The molecule has 0 bridgehead atoms. The van der Waals surface area contributed by atoms with Crippen LogP contribution in [-0.2, 0) is 19.8 Å². The van der Waals surface area contributed by atoms with Crippen LogP contribution in [0.1, 0.15) is 54.1 Å². The summed E-state index contributed by atoms with van der Waals surface area (Å²) < 4.78 is 12.0. The molecule has 3 aromatic carbocycles. The largest absolute Gasteiger partial charge is 0.488 e. The Morgan fingerprint density at radius 3 is 2.46 bits per heavy atom. The Morgan fingerprint density at radius 1 is 0.935 bits per heavy atom. The molecule has 10 heteroatoms. The number of amides is 1. The third kappa shape index (κ3) is 7.05. The average molecular weight is 633 g/mol. The molecule has 2 aromatic heterocycles. The molecule has 0 saturated heterocycles. The number of ether oxygens (including phenoxy) is 2. The molecule has 46 heavy (non-hydrogen) atoms. The van der Waals surface area contributed by atoms with E-state index in [1.54, 1.807) is 24.4 Å². The molecule has 0 spiro atoms. The zero-order chi connectivity index (χ0) is 32.6. The number of nitriles is 1. The highest BCUT2D eigenvalue weighted by Gasteiger charge is 2.17. The van der Waals surface area contributed by atoms with Crippen molar-refractivity contribution in [1.82, 2.24) is 9.97 Å². The molecule has 0 aliphatic heterocycles. The van der Waals surface area contributed by atoms with Crippen molar-refractivity contribution in [2.75, 3.05) is 5.32 Å². The minimum absolute atomic E-state index is 0.0925. The van der Waals surface area contributed by atoms with Crippen molar-refractivity contribution in [1.29, 1.82) is 5.26 Å². The van der Waals surface area contributed by atoms with Crippen molar-refractivity contribution >= 4 is 29.5 Å². The summed E-state index contributed by atoms with van der Waals surface area (Å²) in [4.78, 5) is 32.8. The monoisotopic (exact) mass is 632 g/mol. The summed E-state index contributed by atoms with van der Waals surface area (Å²) in [6.45, 7) is 3.95. The van der Waals surface area contributed by atoms with Gasteiger partial charge in [0.15, 0.2) is 6.29 Å². The van der Waals surface area contributed by atoms with Crippen LogP contribution in [0.2, 0.25) is 5.02 Å². The molecule has 5 aromatic rings. The van der Waals surface area contributed by atoms with E-state index in [1.165, 1.54) is 24.7 Å². The number of carbonyl (C=O) groups is 2. The molecular weight excluding hydrogens is 604 g/mol. The Morgan fingerprint density at radius 2 is 1.70 bits per heavy atom. The van der Waals surface area contributed by atoms with Crippen molar-refractivity contribution in [2.24, 2.45) is 0 Å². The summed E-state index contributed by atoms with van der Waals surface area (Å²) in [6, 6.07) is 20.0. The van der Waals surface area contributed by atoms with Gasteiger partial charge < -0.3 is 19.9 Å². The SMILES string of the molecule is Cc1c(COc2cc(OCc3cncc(C#N)c3)c(C=O)cc2Cl)cccc1-c1cccc(NC(=O)c2cnccc2CO)c1C. The van der Waals surface area contributed by atoms with Gasteiger partial charge in [-0.05, 0) is 71.5 Å². The van der Waals surface area contributed by atoms with Crippen LogP contribution in [0.3, 0.4) is 0 Å². The molecule has 9 nitrogen and oxygen atoms in total. The normalized spacial score (nSPS) is 10.6. The van der Waals surface area contributed by atoms with E-state index in [1.807, 2.05) is 56.3 Å². The number of nitrogens with one attached hydrogen (secondary N) is 1. The molecule has 0 saturated carbocycles. The van der Waals surface area contributed by atoms with Crippen molar-refractivity contribution in [3.8, 4) is 28.7 Å². The lowest BCUT2D eigenvalue weighted by Crippen LogP contribution is -2.15. The number of rotatable bonds is 11. The summed E-state index contributed by atoms with van der Waals surface area (Å²) >= 11 is 6.48. The van der Waals surface area contributed by atoms with Gasteiger partial charge in [0.05, 0.1) is 28.3 Å². The molecule has 0 radical (unpaired) electrons. The number of carbonyl (C=O) groups excluding carboxylic acids is 2. The van der Waals surface area contributed by atoms with Gasteiger partial charge in [-0.25, -0.2) is 0 Å². The molecule has 1 amide bonds. The van der Waals surface area contributed by atoms with Gasteiger partial charge >= 0.3 is 0 Å². The smallest absolute Gasteiger partial charge is 0.257 e. The molecule has 230 valence electrons. The summed E-state index contributed by atoms with van der Waals surface area (Å²) in [5.41, 5.74) is 7.44. The molecule has 0 atom stereocenters. The number of halogens is 1. The van der Waals surface area contributed by atoms with E-state index in [9.17, 15) is 14.7 Å². The fraction of sp³-hybridized carbons (Fsp3) is 0.139. The number of aliphatic hydroxyl groups excluding tert-OH is 1. The quantitative estimate of drug-likeness (QED) is 0.149. The second-order valence-electron chi connectivity index (χ2n) is 10.4. The van der Waals surface area contributed by atoms with Gasteiger partial charge in [0.2, 0.25) is 0 Å². The zero-order valence-corrected chi connectivity index (χ0v) is 25.8. The highest BCUT2D eigenvalue weighted by atomic mass is 35.5. The molecule has 0 unspecified atom stereocenters. The van der Waals surface area contributed by atoms with Gasteiger partial charge in [0.1, 0.15) is 30.8 Å². The van der Waals surface area contributed by atoms with Crippen LogP contribution in [0.4, 0.5) is 5.69 Å². The van der Waals surface area contributed by atoms with Gasteiger partial charge in [0, 0.05) is 42.1 Å². The number of aldehydes is 1. The molecule has 2 N–H and O–H groups in total. The fourth-order valence-corrected chi connectivity index (χ4v) is 5.20. The van der Waals surface area contributed by atoms with Crippen LogP contribution >= 0.6 is 11.6 Å². The number of nitrogens with zero attached hydrogens (tertiary/aromatic N) is 3. The lowest BCUT2D eigenvalue weighted by molar-refractivity contribution is 0.102. The highest BCUT2D eigenvalue weighted by molar-refractivity contribution is 6.32. The summed E-state index contributed by atoms with van der Waals surface area (Å²) in [6.07, 6.45) is 6.67. The molecule has 5 rings (SSSR count). The number of aromatic nitrogens is 2. The standard InChI is InChI=1S/C36H29ClN4O5/c1-22-27(21-46-35-13-34(28(19-43)12-32(35)37)45-20-25-11-24(14-38)15-40-16-25)5-3-6-29(22)30-7-4-8-33(23(30)2)41-36(44)31-17-39-10-9-26(31)18-42/h3-13,15-17,19,42H,18,20-21H2,1-2H3,(H,41,44). The van der Waals surface area contributed by atoms with E-state index in [-0.39, 0.29) is 42.1 Å². The summed E-state index contributed by atoms with van der Waals surface area (Å²) in [5, 5.41) is 22.0. The van der Waals surface area contributed by atoms with Crippen LogP contribution in [0.15, 0.2) is 85.5 Å². The maximum atomic E-state index is 13.0. The van der Waals surface area contributed by atoms with Crippen LogP contribution < -0.4 is 14.8 Å². The Kier molecular flexibility index (Phi) is 10.0. The van der Waals surface area contributed by atoms with Gasteiger partial charge in [-0.2, -0.15) is 5.26 Å². The number of hydrogen-bond donors (Lipinski definition) is 2. The van der Waals surface area contributed by atoms with Crippen LogP contribution in [0, 0.1) is 25.2 Å². The van der Waals surface area contributed by atoms with Crippen molar-refractivity contribution in [2.45, 2.75) is 33.7 Å². The summed E-state index contributed by atoms with van der Waals surface area (Å²) in [5.74, 6) is 0.271. The third-order valence-corrected chi connectivity index (χ3v) is 7.83. The van der Waals surface area contributed by atoms with Gasteiger partial charge in [0.25, 0.3) is 5.91 Å². The van der Waals surface area contributed by atoms with Gasteiger partial charge in [-0.3, -0.25) is 19.6 Å². The molecule has 0 aliphatic rings. The van der Waals surface area contributed by atoms with Crippen molar-refractivity contribution < 1.29 is 24.2 Å². The molecular formula is C36H29ClN4O5. The van der Waals surface area contributed by atoms with Gasteiger partial charge in [-0.15, -0.1) is 0 Å². The van der Waals surface area contributed by atoms with Crippen LogP contribution in [0.5, 0.6) is 11.5 Å². The zero-order valence-electron chi connectivity index (χ0n) is 25.1. The highest BCUT2D eigenvalue weighted by Crippen LogP contribution is 2.35. The Balaban J connectivity index is 1.35. The van der Waals surface area contributed by atoms with E-state index >= 15 is 0 Å². The number of anilines is 1. The van der Waals surface area contributed by atoms with E-state index in [2.05, 4.69) is 15.3 Å². The number of aliphatic hydroxyl groups is 1. The first kappa shape index (κ1) is 31.9. The first-order valence-corrected chi connectivity index (χ1v) is 14.6. The Labute approximate surface area is 271 Å². The minimum atomic E-state index is -0.357. The maximum absolute atomic E-state index is 13.0. The van der Waals surface area contributed by atoms with Crippen LogP contribution in [-0.4, -0.2) is 27.3 Å². The van der Waals surface area contributed by atoms with Gasteiger partial charge in [-0.1, -0.05) is 41.9 Å². The average Bonchev–Trinajstić information content (AvgIpc) is 3.08. The number of benzene rings is 3. The fourth-order valence-electron chi connectivity index (χ4n) is 4.97. The maximum Gasteiger partial charge on any atom is 0.257 e. The van der Waals surface area contributed by atoms with E-state index in [0.717, 1.165) is 27.8 Å². The number of pyridine rings is 2. The predicted octanol–water partition coefficient (Wildman–Crippen LogP) is 7.00. The first-order chi connectivity index (χ1) is 22.3. The third-order valence-electron chi connectivity index (χ3n) is 7.54. The second kappa shape index (κ2) is 14.5. The first-order valence-electron chi connectivity index (χ1n) is 14.2. The molecule has 0 aliphatic carbocycles. The van der Waals surface area contributed by atoms with Crippen molar-refractivity contribution in [3.05, 3.63) is 135 Å². The predicted molar refractivity (Wildman–Crippen MR) is 174 cm³/mol. The molecule has 0 fully saturated rings. The van der Waals surface area contributed by atoms with E-state index < -0.39 is 0 Å². The molecule has 2 heterocycles. The minimum Gasteiger partial charge on any atom is -0.488 e. The Bertz CT molecular complexity index is 1970. The van der Waals surface area contributed by atoms with Crippen molar-refractivity contribution in [3.63, 3.8) is 0 Å². The van der Waals surface area contributed by atoms with E-state index in [0.29, 0.717) is 40.0 Å². The topological polar surface area (TPSA) is 134 Å². The second-order valence-corrected chi connectivity index (χ2v) is 10.8.